The topological polar surface area (TPSA) is 67.8 Å². The summed E-state index contributed by atoms with van der Waals surface area (Å²) in [5, 5.41) is 14.1. The Morgan fingerprint density at radius 2 is 1.78 bits per heavy atom. The van der Waals surface area contributed by atoms with Crippen LogP contribution in [0.4, 0.5) is 8.78 Å². The predicted octanol–water partition coefficient (Wildman–Crippen LogP) is 5.58. The molecule has 0 amide bonds. The lowest BCUT2D eigenvalue weighted by atomic mass is 9.81. The molecule has 2 N–H and O–H groups in total. The molecule has 0 spiro atoms. The molecule has 8 heteroatoms. The van der Waals surface area contributed by atoms with Crippen LogP contribution in [0.2, 0.25) is 0 Å². The number of halogens is 3. The second kappa shape index (κ2) is 14.6. The summed E-state index contributed by atoms with van der Waals surface area (Å²) in [6, 6.07) is 11.0. The van der Waals surface area contributed by atoms with Crippen LogP contribution in [0.25, 0.3) is 0 Å². The van der Waals surface area contributed by atoms with Gasteiger partial charge >= 0.3 is 5.97 Å². The van der Waals surface area contributed by atoms with Crippen molar-refractivity contribution in [2.45, 2.75) is 77.4 Å². The third-order valence-corrected chi connectivity index (χ3v) is 7.29. The van der Waals surface area contributed by atoms with Gasteiger partial charge in [0.25, 0.3) is 0 Å². The zero-order chi connectivity index (χ0) is 26.1. The molecule has 2 aromatic carbocycles. The number of rotatable bonds is 14. The molecule has 5 nitrogen and oxygen atoms in total. The molecule has 1 atom stereocenters. The quantitative estimate of drug-likeness (QED) is 0.307. The van der Waals surface area contributed by atoms with Crippen molar-refractivity contribution in [3.8, 4) is 5.75 Å². The number of hydrogen-bond acceptors (Lipinski definition) is 5. The molecule has 1 aliphatic rings. The average Bonchev–Trinajstić information content (AvgIpc) is 3.28. The van der Waals surface area contributed by atoms with Gasteiger partial charge in [-0.3, -0.25) is 4.79 Å². The summed E-state index contributed by atoms with van der Waals surface area (Å²) in [5.41, 5.74) is 3.17. The molecule has 0 radical (unpaired) electrons. The molecule has 1 aliphatic carbocycles. The summed E-state index contributed by atoms with van der Waals surface area (Å²) in [5.74, 6) is -2.27. The number of aryl methyl sites for hydroxylation is 1. The Hall–Kier alpha value is -2.22. The van der Waals surface area contributed by atoms with E-state index in [4.69, 9.17) is 9.47 Å². The number of nitrogens with one attached hydrogen (secondary N) is 1. The number of β-amino-alcohol motifs (C(OH)–C–C–N with tert-alkyl or cyclic N) is 1. The van der Waals surface area contributed by atoms with Gasteiger partial charge in [0.2, 0.25) is 5.82 Å². The molecule has 0 unspecified atom stereocenters. The number of fused-ring (bicyclic) bond motifs is 1. The SMILES string of the molecule is CCOC(=O)CCc1cc(F)c(F)c(OC[C@H](O)CNC(CC)(CC)CC2Cc3ccccc3C2)c1.Cl. The highest BCUT2D eigenvalue weighted by Gasteiger charge is 2.32. The summed E-state index contributed by atoms with van der Waals surface area (Å²) in [6.45, 7) is 6.39. The first-order chi connectivity index (χ1) is 17.3. The van der Waals surface area contributed by atoms with E-state index in [-0.39, 0.29) is 56.3 Å². The second-order valence-electron chi connectivity index (χ2n) is 9.78. The Labute approximate surface area is 225 Å². The zero-order valence-electron chi connectivity index (χ0n) is 22.0. The van der Waals surface area contributed by atoms with E-state index in [1.165, 1.54) is 17.2 Å². The van der Waals surface area contributed by atoms with Gasteiger partial charge in [0.15, 0.2) is 11.6 Å². The van der Waals surface area contributed by atoms with Crippen molar-refractivity contribution in [2.24, 2.45) is 5.92 Å². The maximum absolute atomic E-state index is 14.3. The van der Waals surface area contributed by atoms with Gasteiger partial charge in [-0.15, -0.1) is 12.4 Å². The fraction of sp³-hybridized carbons (Fsp3) is 0.552. The van der Waals surface area contributed by atoms with E-state index >= 15 is 0 Å². The molecule has 0 aliphatic heterocycles. The zero-order valence-corrected chi connectivity index (χ0v) is 22.8. The molecule has 0 bridgehead atoms. The van der Waals surface area contributed by atoms with Crippen LogP contribution < -0.4 is 10.1 Å². The molecule has 37 heavy (non-hydrogen) atoms. The van der Waals surface area contributed by atoms with Crippen molar-refractivity contribution in [3.63, 3.8) is 0 Å². The van der Waals surface area contributed by atoms with Gasteiger partial charge in [-0.1, -0.05) is 38.1 Å². The molecular weight excluding hydrogens is 500 g/mol. The minimum atomic E-state index is -1.10. The normalized spacial score (nSPS) is 14.1. The highest BCUT2D eigenvalue weighted by molar-refractivity contribution is 5.85. The van der Waals surface area contributed by atoms with Crippen LogP contribution in [0.15, 0.2) is 36.4 Å². The van der Waals surface area contributed by atoms with Crippen LogP contribution in [0.3, 0.4) is 0 Å². The monoisotopic (exact) mass is 539 g/mol. The molecule has 0 aromatic heterocycles. The van der Waals surface area contributed by atoms with Gasteiger partial charge in [-0.25, -0.2) is 4.39 Å². The first-order valence-electron chi connectivity index (χ1n) is 13.0. The van der Waals surface area contributed by atoms with Gasteiger partial charge in [0.1, 0.15) is 12.7 Å². The van der Waals surface area contributed by atoms with E-state index < -0.39 is 23.7 Å². The van der Waals surface area contributed by atoms with Crippen molar-refractivity contribution < 1.29 is 28.2 Å². The average molecular weight is 540 g/mol. The first-order valence-corrected chi connectivity index (χ1v) is 13.0. The molecule has 3 rings (SSSR count). The number of carbonyl (C=O) groups excluding carboxylic acids is 1. The summed E-state index contributed by atoms with van der Waals surface area (Å²) in [7, 11) is 0. The Morgan fingerprint density at radius 3 is 2.38 bits per heavy atom. The van der Waals surface area contributed by atoms with Crippen molar-refractivity contribution in [1.82, 2.24) is 5.32 Å². The lowest BCUT2D eigenvalue weighted by Crippen LogP contribution is -2.49. The molecular formula is C29H40ClF2NO4. The Balaban J connectivity index is 0.00000481. The van der Waals surface area contributed by atoms with Crippen LogP contribution in [-0.2, 0) is 28.8 Å². The predicted molar refractivity (Wildman–Crippen MR) is 143 cm³/mol. The highest BCUT2D eigenvalue weighted by Crippen LogP contribution is 2.34. The lowest BCUT2D eigenvalue weighted by Gasteiger charge is -2.36. The molecule has 0 saturated carbocycles. The number of aliphatic hydroxyl groups is 1. The van der Waals surface area contributed by atoms with Crippen LogP contribution in [0, 0.1) is 17.6 Å². The number of hydrogen-bond donors (Lipinski definition) is 2. The van der Waals surface area contributed by atoms with Gasteiger partial charge in [0.05, 0.1) is 6.61 Å². The summed E-state index contributed by atoms with van der Waals surface area (Å²) >= 11 is 0. The molecule has 0 fully saturated rings. The fourth-order valence-electron chi connectivity index (χ4n) is 5.13. The van der Waals surface area contributed by atoms with Crippen LogP contribution in [0.5, 0.6) is 5.75 Å². The van der Waals surface area contributed by atoms with Gasteiger partial charge in [-0.05, 0) is 80.2 Å². The molecule has 0 heterocycles. The van der Waals surface area contributed by atoms with E-state index in [2.05, 4.69) is 43.4 Å². The summed E-state index contributed by atoms with van der Waals surface area (Å²) < 4.78 is 38.7. The maximum Gasteiger partial charge on any atom is 0.306 e. The van der Waals surface area contributed by atoms with Crippen LogP contribution >= 0.6 is 12.4 Å². The molecule has 2 aromatic rings. The smallest absolute Gasteiger partial charge is 0.306 e. The summed E-state index contributed by atoms with van der Waals surface area (Å²) in [6.07, 6.45) is 4.37. The molecule has 0 saturated heterocycles. The first kappa shape index (κ1) is 31.0. The van der Waals surface area contributed by atoms with E-state index in [1.807, 2.05) is 0 Å². The Bertz CT molecular complexity index is 990. The minimum Gasteiger partial charge on any atom is -0.488 e. The van der Waals surface area contributed by atoms with E-state index in [0.29, 0.717) is 11.5 Å². The van der Waals surface area contributed by atoms with Gasteiger partial charge < -0.3 is 19.9 Å². The largest absolute Gasteiger partial charge is 0.488 e. The second-order valence-corrected chi connectivity index (χ2v) is 9.78. The number of esters is 1. The highest BCUT2D eigenvalue weighted by atomic mass is 35.5. The number of aliphatic hydroxyl groups excluding tert-OH is 1. The summed E-state index contributed by atoms with van der Waals surface area (Å²) in [4.78, 5) is 11.6. The third kappa shape index (κ3) is 8.66. The van der Waals surface area contributed by atoms with E-state index in [1.54, 1.807) is 6.92 Å². The Morgan fingerprint density at radius 1 is 1.14 bits per heavy atom. The van der Waals surface area contributed by atoms with Crippen LogP contribution in [-0.4, -0.2) is 42.5 Å². The van der Waals surface area contributed by atoms with Crippen molar-refractivity contribution in [2.75, 3.05) is 19.8 Å². The minimum absolute atomic E-state index is 0. The fourth-order valence-corrected chi connectivity index (χ4v) is 5.13. The van der Waals surface area contributed by atoms with Crippen molar-refractivity contribution in [1.29, 1.82) is 0 Å². The lowest BCUT2D eigenvalue weighted by molar-refractivity contribution is -0.143. The van der Waals surface area contributed by atoms with Gasteiger partial charge in [0, 0.05) is 18.5 Å². The maximum atomic E-state index is 14.3. The number of benzene rings is 2. The van der Waals surface area contributed by atoms with E-state index in [0.717, 1.165) is 38.2 Å². The standard InChI is InChI=1S/C29H39F2NO4.ClH/c1-4-29(5-2,17-21-13-22-9-7-8-10-23(22)14-21)32-18-24(33)19-36-26-16-20(15-25(30)28(26)31)11-12-27(34)35-6-3;/h7-10,15-16,21,24,32-33H,4-6,11-14,17-19H2,1-3H3;1H/t24-;/m1./s1. The number of ether oxygens (including phenoxy) is 2. The number of carbonyl (C=O) groups is 1. The Kier molecular flexibility index (Phi) is 12.3. The third-order valence-electron chi connectivity index (χ3n) is 7.29. The van der Waals surface area contributed by atoms with Crippen molar-refractivity contribution in [3.05, 3.63) is 64.7 Å². The van der Waals surface area contributed by atoms with E-state index in [9.17, 15) is 18.7 Å². The van der Waals surface area contributed by atoms with Crippen LogP contribution in [0.1, 0.15) is 63.1 Å². The van der Waals surface area contributed by atoms with Gasteiger partial charge in [-0.2, -0.15) is 4.39 Å². The van der Waals surface area contributed by atoms with Crippen molar-refractivity contribution >= 4 is 18.4 Å². The molecule has 206 valence electrons.